The number of rotatable bonds is 15. The fourth-order valence-electron chi connectivity index (χ4n) is 2.52. The Morgan fingerprint density at radius 2 is 0.900 bits per heavy atom. The van der Waals surface area contributed by atoms with Crippen LogP contribution >= 0.6 is 0 Å². The molecule has 0 amide bonds. The highest BCUT2D eigenvalue weighted by atomic mass is 16.5. The van der Waals surface area contributed by atoms with Crippen LogP contribution in [0.25, 0.3) is 0 Å². The minimum Gasteiger partial charge on any atom is -0.388 e. The molecule has 0 aliphatic rings. The summed E-state index contributed by atoms with van der Waals surface area (Å²) in [5.41, 5.74) is 0. The lowest BCUT2D eigenvalue weighted by Crippen LogP contribution is -2.24. The van der Waals surface area contributed by atoms with Crippen LogP contribution in [-0.4, -0.2) is 27.7 Å². The number of hydrogen-bond donors (Lipinski definition) is 3. The molecule has 0 spiro atoms. The maximum absolute atomic E-state index is 9.20. The summed E-state index contributed by atoms with van der Waals surface area (Å²) in [5, 5.41) is 26.6. The molecule has 0 aliphatic carbocycles. The predicted molar refractivity (Wildman–Crippen MR) is 84.5 cm³/mol. The molecular weight excluding hydrogens is 252 g/mol. The van der Waals surface area contributed by atoms with Crippen LogP contribution in [-0.2, 0) is 0 Å². The Hall–Kier alpha value is -0.120. The van der Waals surface area contributed by atoms with E-state index < -0.39 is 12.4 Å². The molecule has 0 aromatic rings. The first kappa shape index (κ1) is 19.9. The highest BCUT2D eigenvalue weighted by molar-refractivity contribution is 4.57. The van der Waals surface area contributed by atoms with Crippen molar-refractivity contribution < 1.29 is 15.3 Å². The lowest BCUT2D eigenvalue weighted by molar-refractivity contribution is -0.124. The van der Waals surface area contributed by atoms with E-state index in [0.29, 0.717) is 6.42 Å². The molecule has 0 aliphatic heterocycles. The van der Waals surface area contributed by atoms with Crippen LogP contribution in [0.2, 0.25) is 0 Å². The molecule has 1 unspecified atom stereocenters. The zero-order valence-electron chi connectivity index (χ0n) is 13.4. The third-order valence-corrected chi connectivity index (χ3v) is 3.95. The van der Waals surface area contributed by atoms with Crippen molar-refractivity contribution in [1.82, 2.24) is 0 Å². The molecule has 3 heteroatoms. The van der Waals surface area contributed by atoms with Gasteiger partial charge in [0.25, 0.3) is 0 Å². The van der Waals surface area contributed by atoms with E-state index in [2.05, 4.69) is 6.92 Å². The first-order valence-electron chi connectivity index (χ1n) is 8.72. The van der Waals surface area contributed by atoms with E-state index in [4.69, 9.17) is 10.2 Å². The summed E-state index contributed by atoms with van der Waals surface area (Å²) in [4.78, 5) is 0. The maximum atomic E-state index is 9.20. The van der Waals surface area contributed by atoms with E-state index in [-0.39, 0.29) is 0 Å². The molecule has 0 saturated heterocycles. The van der Waals surface area contributed by atoms with E-state index in [1.807, 2.05) is 0 Å². The van der Waals surface area contributed by atoms with Crippen LogP contribution in [0.3, 0.4) is 0 Å². The van der Waals surface area contributed by atoms with Gasteiger partial charge in [0, 0.05) is 0 Å². The van der Waals surface area contributed by atoms with Gasteiger partial charge >= 0.3 is 0 Å². The van der Waals surface area contributed by atoms with Gasteiger partial charge in [0.2, 0.25) is 0 Å². The minimum atomic E-state index is -1.58. The van der Waals surface area contributed by atoms with E-state index >= 15 is 0 Å². The van der Waals surface area contributed by atoms with Crippen LogP contribution in [0.1, 0.15) is 96.8 Å². The van der Waals surface area contributed by atoms with Crippen molar-refractivity contribution in [3.63, 3.8) is 0 Å². The Morgan fingerprint density at radius 1 is 0.550 bits per heavy atom. The zero-order chi connectivity index (χ0) is 15.1. The van der Waals surface area contributed by atoms with Crippen molar-refractivity contribution in [1.29, 1.82) is 0 Å². The Morgan fingerprint density at radius 3 is 1.25 bits per heavy atom. The summed E-state index contributed by atoms with van der Waals surface area (Å²) in [6, 6.07) is 0. The lowest BCUT2D eigenvalue weighted by Gasteiger charge is -2.11. The smallest absolute Gasteiger partial charge is 0.178 e. The zero-order valence-corrected chi connectivity index (χ0v) is 13.4. The number of unbranched alkanes of at least 4 members (excludes halogenated alkanes) is 12. The molecule has 0 aromatic heterocycles. The largest absolute Gasteiger partial charge is 0.388 e. The molecule has 0 aromatic carbocycles. The molecule has 0 rings (SSSR count). The Bertz CT molecular complexity index is 183. The standard InChI is InChI=1S/C17H36O3/c1-2-3-4-5-6-7-8-9-10-11-12-13-14-15-16(18)17(19)20/h16-20H,2-15H2,1H3. The Labute approximate surface area is 125 Å². The fourth-order valence-corrected chi connectivity index (χ4v) is 2.52. The molecule has 0 bridgehead atoms. The van der Waals surface area contributed by atoms with E-state index in [0.717, 1.165) is 12.8 Å². The Balaban J connectivity index is 3.03. The molecule has 0 saturated carbocycles. The second kappa shape index (κ2) is 15.3. The van der Waals surface area contributed by atoms with E-state index in [1.54, 1.807) is 0 Å². The van der Waals surface area contributed by atoms with Crippen molar-refractivity contribution in [2.75, 3.05) is 0 Å². The SMILES string of the molecule is CCCCCCCCCCCCCCCC(O)C(O)O. The van der Waals surface area contributed by atoms with E-state index in [9.17, 15) is 5.11 Å². The predicted octanol–water partition coefficient (Wildman–Crippen LogP) is 4.14. The van der Waals surface area contributed by atoms with Gasteiger partial charge < -0.3 is 15.3 Å². The van der Waals surface area contributed by atoms with Gasteiger partial charge in [0.15, 0.2) is 6.29 Å². The molecule has 0 radical (unpaired) electrons. The summed E-state index contributed by atoms with van der Waals surface area (Å²) in [7, 11) is 0. The quantitative estimate of drug-likeness (QED) is 0.313. The van der Waals surface area contributed by atoms with Crippen LogP contribution in [0.4, 0.5) is 0 Å². The third kappa shape index (κ3) is 14.3. The summed E-state index contributed by atoms with van der Waals surface area (Å²) in [6.45, 7) is 2.26. The molecule has 0 fully saturated rings. The van der Waals surface area contributed by atoms with Gasteiger partial charge in [-0.1, -0.05) is 90.4 Å². The molecule has 1 atom stereocenters. The topological polar surface area (TPSA) is 60.7 Å². The second-order valence-corrected chi connectivity index (χ2v) is 6.01. The van der Waals surface area contributed by atoms with Crippen LogP contribution in [0.5, 0.6) is 0 Å². The van der Waals surface area contributed by atoms with Crippen molar-refractivity contribution in [2.45, 2.75) is 109 Å². The number of aliphatic hydroxyl groups is 3. The number of aliphatic hydroxyl groups excluding tert-OH is 2. The monoisotopic (exact) mass is 288 g/mol. The average Bonchev–Trinajstić information content (AvgIpc) is 2.43. The van der Waals surface area contributed by atoms with Crippen LogP contribution in [0, 0.1) is 0 Å². The molecule has 3 N–H and O–H groups in total. The second-order valence-electron chi connectivity index (χ2n) is 6.01. The molecule has 3 nitrogen and oxygen atoms in total. The molecule has 20 heavy (non-hydrogen) atoms. The summed E-state index contributed by atoms with van der Waals surface area (Å²) < 4.78 is 0. The first-order chi connectivity index (χ1) is 9.68. The van der Waals surface area contributed by atoms with Crippen LogP contribution < -0.4 is 0 Å². The van der Waals surface area contributed by atoms with Gasteiger partial charge in [-0.05, 0) is 6.42 Å². The molecule has 0 heterocycles. The van der Waals surface area contributed by atoms with Crippen molar-refractivity contribution in [3.8, 4) is 0 Å². The van der Waals surface area contributed by atoms with Gasteiger partial charge in [-0.2, -0.15) is 0 Å². The van der Waals surface area contributed by atoms with Gasteiger partial charge in [0.1, 0.15) is 6.10 Å². The molecule has 122 valence electrons. The average molecular weight is 288 g/mol. The highest BCUT2D eigenvalue weighted by Gasteiger charge is 2.11. The van der Waals surface area contributed by atoms with Crippen molar-refractivity contribution in [3.05, 3.63) is 0 Å². The maximum Gasteiger partial charge on any atom is 0.178 e. The summed E-state index contributed by atoms with van der Waals surface area (Å²) in [5.74, 6) is 0. The van der Waals surface area contributed by atoms with Crippen molar-refractivity contribution in [2.24, 2.45) is 0 Å². The van der Waals surface area contributed by atoms with Gasteiger partial charge in [-0.3, -0.25) is 0 Å². The van der Waals surface area contributed by atoms with E-state index in [1.165, 1.54) is 70.6 Å². The molecular formula is C17H36O3. The van der Waals surface area contributed by atoms with Crippen molar-refractivity contribution >= 4 is 0 Å². The van der Waals surface area contributed by atoms with Crippen LogP contribution in [0.15, 0.2) is 0 Å². The minimum absolute atomic E-state index is 0.495. The first-order valence-corrected chi connectivity index (χ1v) is 8.72. The fraction of sp³-hybridized carbons (Fsp3) is 1.00. The summed E-state index contributed by atoms with van der Waals surface area (Å²) in [6.07, 6.45) is 14.8. The third-order valence-electron chi connectivity index (χ3n) is 3.95. The van der Waals surface area contributed by atoms with Gasteiger partial charge in [0.05, 0.1) is 0 Å². The van der Waals surface area contributed by atoms with Gasteiger partial charge in [-0.15, -0.1) is 0 Å². The lowest BCUT2D eigenvalue weighted by atomic mass is 10.0. The Kier molecular flexibility index (Phi) is 15.2. The number of hydrogen-bond acceptors (Lipinski definition) is 3. The highest BCUT2D eigenvalue weighted by Crippen LogP contribution is 2.13. The summed E-state index contributed by atoms with van der Waals surface area (Å²) >= 11 is 0. The van der Waals surface area contributed by atoms with Gasteiger partial charge in [-0.25, -0.2) is 0 Å². The normalized spacial score (nSPS) is 13.1.